The molecule has 0 unspecified atom stereocenters. The summed E-state index contributed by atoms with van der Waals surface area (Å²) in [6, 6.07) is 14.9. The van der Waals surface area contributed by atoms with Crippen LogP contribution in [0.15, 0.2) is 53.0 Å². The van der Waals surface area contributed by atoms with Crippen molar-refractivity contribution in [3.05, 3.63) is 64.1 Å². The Bertz CT molecular complexity index is 837. The normalized spacial score (nSPS) is 21.6. The predicted octanol–water partition coefficient (Wildman–Crippen LogP) is 3.22. The zero-order chi connectivity index (χ0) is 17.4. The highest BCUT2D eigenvalue weighted by Gasteiger charge is 2.54. The van der Waals surface area contributed by atoms with Crippen molar-refractivity contribution in [3.8, 4) is 5.75 Å². The number of carbonyl (C=O) groups is 2. The van der Waals surface area contributed by atoms with E-state index in [0.29, 0.717) is 12.2 Å². The molecule has 1 spiro atoms. The number of hydrogen-bond donors (Lipinski definition) is 1. The maximum atomic E-state index is 13.0. The molecule has 4 rings (SSSR count). The molecule has 1 saturated heterocycles. The largest absolute Gasteiger partial charge is 0.492 e. The number of nitrogens with one attached hydrogen (secondary N) is 1. The van der Waals surface area contributed by atoms with Crippen molar-refractivity contribution >= 4 is 27.9 Å². The first-order chi connectivity index (χ1) is 12.1. The maximum Gasteiger partial charge on any atom is 0.325 e. The summed E-state index contributed by atoms with van der Waals surface area (Å²) >= 11 is 3.37. The minimum Gasteiger partial charge on any atom is -0.492 e. The number of urea groups is 1. The third-order valence-corrected chi connectivity index (χ3v) is 5.35. The minimum atomic E-state index is -0.898. The summed E-state index contributed by atoms with van der Waals surface area (Å²) in [6.07, 6.45) is 1.41. The Morgan fingerprint density at radius 1 is 1.12 bits per heavy atom. The summed E-state index contributed by atoms with van der Waals surface area (Å²) in [4.78, 5) is 26.6. The molecule has 0 bridgehead atoms. The fourth-order valence-corrected chi connectivity index (χ4v) is 3.84. The van der Waals surface area contributed by atoms with E-state index in [9.17, 15) is 9.59 Å². The molecule has 0 aromatic heterocycles. The van der Waals surface area contributed by atoms with E-state index in [2.05, 4.69) is 21.2 Å². The van der Waals surface area contributed by atoms with E-state index in [1.165, 1.54) is 4.90 Å². The van der Waals surface area contributed by atoms with Gasteiger partial charge in [-0.3, -0.25) is 9.69 Å². The Morgan fingerprint density at radius 3 is 2.68 bits per heavy atom. The number of nitrogens with zero attached hydrogens (tertiary/aromatic N) is 1. The summed E-state index contributed by atoms with van der Waals surface area (Å²) in [5.41, 5.74) is 1.15. The van der Waals surface area contributed by atoms with Crippen LogP contribution in [0.2, 0.25) is 0 Å². The van der Waals surface area contributed by atoms with Gasteiger partial charge in [-0.15, -0.1) is 0 Å². The molecule has 1 N–H and O–H groups in total. The molecule has 1 fully saturated rings. The predicted molar refractivity (Wildman–Crippen MR) is 96.3 cm³/mol. The van der Waals surface area contributed by atoms with Crippen LogP contribution >= 0.6 is 15.9 Å². The van der Waals surface area contributed by atoms with Gasteiger partial charge in [0.15, 0.2) is 0 Å². The van der Waals surface area contributed by atoms with Crippen LogP contribution in [0.25, 0.3) is 0 Å². The van der Waals surface area contributed by atoms with Crippen LogP contribution in [0.4, 0.5) is 4.79 Å². The second kappa shape index (κ2) is 6.19. The monoisotopic (exact) mass is 400 g/mol. The van der Waals surface area contributed by atoms with E-state index in [1.807, 2.05) is 48.5 Å². The van der Waals surface area contributed by atoms with E-state index in [1.54, 1.807) is 0 Å². The lowest BCUT2D eigenvalue weighted by molar-refractivity contribution is -0.131. The lowest BCUT2D eigenvalue weighted by atomic mass is 9.92. The zero-order valence-corrected chi connectivity index (χ0v) is 15.1. The highest BCUT2D eigenvalue weighted by Crippen LogP contribution is 2.41. The number of fused-ring (bicyclic) bond motifs is 2. The molecule has 1 heterocycles. The van der Waals surface area contributed by atoms with E-state index >= 15 is 0 Å². The SMILES string of the molecule is O=C1N[C@]2(CCc3ccccc32)C(=O)N1CCOc1ccc(Br)cc1. The Morgan fingerprint density at radius 2 is 1.88 bits per heavy atom. The van der Waals surface area contributed by atoms with Crippen LogP contribution in [0.5, 0.6) is 5.75 Å². The van der Waals surface area contributed by atoms with Gasteiger partial charge in [-0.25, -0.2) is 4.79 Å². The number of imide groups is 1. The summed E-state index contributed by atoms with van der Waals surface area (Å²) in [5, 5.41) is 2.92. The average molecular weight is 401 g/mol. The van der Waals surface area contributed by atoms with Gasteiger partial charge in [0.1, 0.15) is 17.9 Å². The molecule has 2 aromatic carbocycles. The van der Waals surface area contributed by atoms with Gasteiger partial charge in [0.05, 0.1) is 6.54 Å². The molecule has 2 aromatic rings. The molecule has 5 nitrogen and oxygen atoms in total. The molecule has 0 saturated carbocycles. The number of benzene rings is 2. The van der Waals surface area contributed by atoms with E-state index in [-0.39, 0.29) is 25.1 Å². The van der Waals surface area contributed by atoms with Crippen molar-refractivity contribution in [2.45, 2.75) is 18.4 Å². The quantitative estimate of drug-likeness (QED) is 0.801. The highest BCUT2D eigenvalue weighted by atomic mass is 79.9. The lowest BCUT2D eigenvalue weighted by Crippen LogP contribution is -2.42. The first-order valence-corrected chi connectivity index (χ1v) is 9.00. The zero-order valence-electron chi connectivity index (χ0n) is 13.5. The smallest absolute Gasteiger partial charge is 0.325 e. The Kier molecular flexibility index (Phi) is 4.00. The van der Waals surface area contributed by atoms with Crippen molar-refractivity contribution in [2.75, 3.05) is 13.2 Å². The van der Waals surface area contributed by atoms with Crippen LogP contribution in [-0.4, -0.2) is 30.0 Å². The molecule has 3 amide bonds. The Labute approximate surface area is 154 Å². The van der Waals surface area contributed by atoms with Gasteiger partial charge in [0, 0.05) is 4.47 Å². The van der Waals surface area contributed by atoms with Gasteiger partial charge in [0.2, 0.25) is 0 Å². The molecule has 1 aliphatic heterocycles. The van der Waals surface area contributed by atoms with Crippen molar-refractivity contribution in [1.82, 2.24) is 10.2 Å². The fraction of sp³-hybridized carbons (Fsp3) is 0.263. The number of rotatable bonds is 4. The van der Waals surface area contributed by atoms with Crippen LogP contribution in [0.1, 0.15) is 17.5 Å². The van der Waals surface area contributed by atoms with Gasteiger partial charge in [0.25, 0.3) is 5.91 Å². The van der Waals surface area contributed by atoms with E-state index in [4.69, 9.17) is 4.74 Å². The average Bonchev–Trinajstić information content (AvgIpc) is 3.10. The van der Waals surface area contributed by atoms with Gasteiger partial charge in [-0.2, -0.15) is 0 Å². The standard InChI is InChI=1S/C19H17BrN2O3/c20-14-5-7-15(8-6-14)25-12-11-22-17(23)19(21-18(22)24)10-9-13-3-1-2-4-16(13)19/h1-8H,9-12H2,(H,21,24)/t19-/m0/s1. The molecule has 0 radical (unpaired) electrons. The topological polar surface area (TPSA) is 58.6 Å². The molecule has 1 atom stereocenters. The third-order valence-electron chi connectivity index (χ3n) is 4.82. The number of aryl methyl sites for hydroxylation is 1. The number of carbonyl (C=O) groups excluding carboxylic acids is 2. The van der Waals surface area contributed by atoms with Crippen LogP contribution in [0, 0.1) is 0 Å². The van der Waals surface area contributed by atoms with Gasteiger partial charge >= 0.3 is 6.03 Å². The molecular formula is C19H17BrN2O3. The van der Waals surface area contributed by atoms with E-state index in [0.717, 1.165) is 22.0 Å². The first kappa shape index (κ1) is 16.1. The van der Waals surface area contributed by atoms with Gasteiger partial charge in [-0.05, 0) is 48.2 Å². The minimum absolute atomic E-state index is 0.179. The molecule has 25 heavy (non-hydrogen) atoms. The van der Waals surface area contributed by atoms with Crippen molar-refractivity contribution < 1.29 is 14.3 Å². The first-order valence-electron chi connectivity index (χ1n) is 8.21. The van der Waals surface area contributed by atoms with Crippen LogP contribution < -0.4 is 10.1 Å². The fourth-order valence-electron chi connectivity index (χ4n) is 3.58. The third kappa shape index (κ3) is 2.70. The van der Waals surface area contributed by atoms with Crippen LogP contribution in [0.3, 0.4) is 0 Å². The molecule has 6 heteroatoms. The number of hydrogen-bond acceptors (Lipinski definition) is 3. The molecule has 2 aliphatic rings. The van der Waals surface area contributed by atoms with Gasteiger partial charge in [-0.1, -0.05) is 40.2 Å². The van der Waals surface area contributed by atoms with Crippen molar-refractivity contribution in [3.63, 3.8) is 0 Å². The second-order valence-electron chi connectivity index (χ2n) is 6.25. The molecular weight excluding hydrogens is 384 g/mol. The Hall–Kier alpha value is -2.34. The van der Waals surface area contributed by atoms with Crippen molar-refractivity contribution in [1.29, 1.82) is 0 Å². The Balaban J connectivity index is 1.46. The second-order valence-corrected chi connectivity index (χ2v) is 7.17. The highest BCUT2D eigenvalue weighted by molar-refractivity contribution is 9.10. The number of amides is 3. The van der Waals surface area contributed by atoms with Crippen molar-refractivity contribution in [2.24, 2.45) is 0 Å². The molecule has 1 aliphatic carbocycles. The number of ether oxygens (including phenoxy) is 1. The maximum absolute atomic E-state index is 13.0. The summed E-state index contributed by atoms with van der Waals surface area (Å²) in [5.74, 6) is 0.526. The lowest BCUT2D eigenvalue weighted by Gasteiger charge is -2.22. The number of halogens is 1. The summed E-state index contributed by atoms with van der Waals surface area (Å²) in [7, 11) is 0. The van der Waals surface area contributed by atoms with E-state index < -0.39 is 5.54 Å². The van der Waals surface area contributed by atoms with Gasteiger partial charge < -0.3 is 10.1 Å². The van der Waals surface area contributed by atoms with Crippen LogP contribution in [-0.2, 0) is 16.8 Å². The summed E-state index contributed by atoms with van der Waals surface area (Å²) in [6.45, 7) is 0.489. The summed E-state index contributed by atoms with van der Waals surface area (Å²) < 4.78 is 6.61. The molecule has 128 valence electrons.